The predicted octanol–water partition coefficient (Wildman–Crippen LogP) is 3.49. The van der Waals surface area contributed by atoms with Crippen LogP contribution in [-0.2, 0) is 17.8 Å². The van der Waals surface area contributed by atoms with Gasteiger partial charge in [0, 0.05) is 11.3 Å². The zero-order valence-electron chi connectivity index (χ0n) is 17.2. The van der Waals surface area contributed by atoms with Crippen LogP contribution in [0.3, 0.4) is 0 Å². The first-order valence-electron chi connectivity index (χ1n) is 10.1. The van der Waals surface area contributed by atoms with Gasteiger partial charge < -0.3 is 5.32 Å². The van der Waals surface area contributed by atoms with Crippen LogP contribution in [0, 0.1) is 11.6 Å². The number of imide groups is 1. The number of aromatic nitrogens is 2. The number of urea groups is 1. The second-order valence-corrected chi connectivity index (χ2v) is 7.31. The van der Waals surface area contributed by atoms with E-state index in [9.17, 15) is 23.2 Å². The largest absolute Gasteiger partial charge is 0.329 e. The number of para-hydroxylation sites is 1. The number of H-pyrrole nitrogens is 1. The summed E-state index contributed by atoms with van der Waals surface area (Å²) in [4.78, 5) is 38.9. The molecule has 1 aliphatic heterocycles. The summed E-state index contributed by atoms with van der Waals surface area (Å²) >= 11 is 0. The highest BCUT2D eigenvalue weighted by Crippen LogP contribution is 2.21. The lowest BCUT2D eigenvalue weighted by atomic mass is 10.1. The molecule has 0 unspecified atom stereocenters. The van der Waals surface area contributed by atoms with Gasteiger partial charge in [-0.15, -0.1) is 0 Å². The van der Waals surface area contributed by atoms with Gasteiger partial charge in [-0.1, -0.05) is 37.6 Å². The van der Waals surface area contributed by atoms with E-state index in [4.69, 9.17) is 0 Å². The number of hydrogen-bond acceptors (Lipinski definition) is 3. The van der Waals surface area contributed by atoms with Crippen molar-refractivity contribution >= 4 is 18.0 Å². The lowest BCUT2D eigenvalue weighted by molar-refractivity contribution is -0.123. The summed E-state index contributed by atoms with van der Waals surface area (Å²) in [6.45, 7) is 1.38. The van der Waals surface area contributed by atoms with Crippen molar-refractivity contribution in [3.05, 3.63) is 93.0 Å². The third-order valence-electron chi connectivity index (χ3n) is 5.15. The first-order chi connectivity index (χ1) is 15.4. The lowest BCUT2D eigenvalue weighted by Gasteiger charge is -2.13. The molecular formula is C23H20F2N4O3. The van der Waals surface area contributed by atoms with Crippen LogP contribution in [-0.4, -0.2) is 26.6 Å². The fourth-order valence-electron chi connectivity index (χ4n) is 3.54. The Morgan fingerprint density at radius 3 is 2.31 bits per heavy atom. The van der Waals surface area contributed by atoms with Gasteiger partial charge in [-0.25, -0.2) is 18.3 Å². The molecule has 2 heterocycles. The summed E-state index contributed by atoms with van der Waals surface area (Å²) in [6.07, 6.45) is 2.59. The van der Waals surface area contributed by atoms with Crippen molar-refractivity contribution in [2.75, 3.05) is 0 Å². The summed E-state index contributed by atoms with van der Waals surface area (Å²) in [7, 11) is 0. The number of aryl methyl sites for hydroxylation is 1. The number of hydrogen-bond donors (Lipinski definition) is 2. The Hall–Kier alpha value is -4.01. The zero-order chi connectivity index (χ0) is 22.8. The van der Waals surface area contributed by atoms with Gasteiger partial charge in [0.15, 0.2) is 0 Å². The van der Waals surface area contributed by atoms with Gasteiger partial charge in [0.25, 0.3) is 11.5 Å². The Balaban J connectivity index is 1.70. The Kier molecular flexibility index (Phi) is 5.72. The van der Waals surface area contributed by atoms with Crippen LogP contribution in [0.5, 0.6) is 0 Å². The molecule has 0 radical (unpaired) electrons. The molecule has 0 saturated carbocycles. The molecule has 0 spiro atoms. The van der Waals surface area contributed by atoms with Crippen LogP contribution in [0.2, 0.25) is 0 Å². The molecule has 4 rings (SSSR count). The van der Waals surface area contributed by atoms with Gasteiger partial charge in [-0.2, -0.15) is 0 Å². The van der Waals surface area contributed by atoms with Crippen molar-refractivity contribution in [2.45, 2.75) is 26.3 Å². The number of halogens is 2. The second-order valence-electron chi connectivity index (χ2n) is 7.31. The predicted molar refractivity (Wildman–Crippen MR) is 114 cm³/mol. The van der Waals surface area contributed by atoms with E-state index < -0.39 is 35.7 Å². The number of aromatic amines is 1. The SMILES string of the molecule is CCCc1[nH]n(-c2ccccc2)c(=O)c1/C=C1\NC(=O)N(Cc2c(F)cccc2F)C1=O. The van der Waals surface area contributed by atoms with Gasteiger partial charge in [-0.05, 0) is 36.8 Å². The smallest absolute Gasteiger partial charge is 0.303 e. The molecule has 1 aromatic heterocycles. The quantitative estimate of drug-likeness (QED) is 0.456. The van der Waals surface area contributed by atoms with Crippen LogP contribution in [0.1, 0.15) is 30.2 Å². The Morgan fingerprint density at radius 1 is 0.969 bits per heavy atom. The van der Waals surface area contributed by atoms with Crippen molar-refractivity contribution in [3.63, 3.8) is 0 Å². The van der Waals surface area contributed by atoms with Crippen molar-refractivity contribution in [3.8, 4) is 5.69 Å². The average Bonchev–Trinajstić information content (AvgIpc) is 3.22. The highest BCUT2D eigenvalue weighted by atomic mass is 19.1. The number of carbonyl (C=O) groups excluding carboxylic acids is 2. The number of benzene rings is 2. The minimum absolute atomic E-state index is 0.139. The molecule has 0 atom stereocenters. The number of carbonyl (C=O) groups is 2. The van der Waals surface area contributed by atoms with E-state index in [-0.39, 0.29) is 16.8 Å². The number of amides is 3. The molecule has 1 saturated heterocycles. The summed E-state index contributed by atoms with van der Waals surface area (Å²) in [6, 6.07) is 11.4. The van der Waals surface area contributed by atoms with Crippen molar-refractivity contribution in [1.82, 2.24) is 20.0 Å². The fraction of sp³-hybridized carbons (Fsp3) is 0.174. The molecule has 3 aromatic rings. The van der Waals surface area contributed by atoms with Crippen LogP contribution in [0.15, 0.2) is 59.0 Å². The Morgan fingerprint density at radius 2 is 1.66 bits per heavy atom. The number of nitrogens with zero attached hydrogens (tertiary/aromatic N) is 2. The van der Waals surface area contributed by atoms with Crippen LogP contribution >= 0.6 is 0 Å². The van der Waals surface area contributed by atoms with E-state index in [1.54, 1.807) is 24.3 Å². The van der Waals surface area contributed by atoms with Crippen LogP contribution in [0.4, 0.5) is 13.6 Å². The molecule has 7 nitrogen and oxygen atoms in total. The molecule has 1 fully saturated rings. The molecule has 2 N–H and O–H groups in total. The summed E-state index contributed by atoms with van der Waals surface area (Å²) in [5.41, 5.74) is 0.552. The van der Waals surface area contributed by atoms with Crippen molar-refractivity contribution in [1.29, 1.82) is 0 Å². The maximum absolute atomic E-state index is 14.0. The summed E-state index contributed by atoms with van der Waals surface area (Å²) in [5.74, 6) is -2.48. The second kappa shape index (κ2) is 8.62. The van der Waals surface area contributed by atoms with E-state index in [2.05, 4.69) is 10.4 Å². The summed E-state index contributed by atoms with van der Waals surface area (Å²) in [5, 5.41) is 5.45. The van der Waals surface area contributed by atoms with E-state index in [1.807, 2.05) is 13.0 Å². The van der Waals surface area contributed by atoms with E-state index >= 15 is 0 Å². The number of rotatable bonds is 6. The molecule has 3 amide bonds. The third kappa shape index (κ3) is 3.84. The highest BCUT2D eigenvalue weighted by molar-refractivity contribution is 6.13. The lowest BCUT2D eigenvalue weighted by Crippen LogP contribution is -2.31. The minimum Gasteiger partial charge on any atom is -0.303 e. The summed E-state index contributed by atoms with van der Waals surface area (Å²) < 4.78 is 29.3. The first kappa shape index (κ1) is 21.2. The van der Waals surface area contributed by atoms with E-state index in [1.165, 1.54) is 16.8 Å². The standard InChI is InChI=1S/C23H20F2N4O3/c1-2-7-19-15(21(30)29(27-19)14-8-4-3-5-9-14)12-20-22(31)28(23(32)26-20)13-16-17(24)10-6-11-18(16)25/h3-6,8-12,27H,2,7,13H2,1H3,(H,26,32)/b20-12-. The molecule has 32 heavy (non-hydrogen) atoms. The van der Waals surface area contributed by atoms with Gasteiger partial charge in [0.1, 0.15) is 17.3 Å². The van der Waals surface area contributed by atoms with E-state index in [0.717, 1.165) is 18.6 Å². The van der Waals surface area contributed by atoms with Gasteiger partial charge in [-0.3, -0.25) is 19.6 Å². The van der Waals surface area contributed by atoms with Crippen molar-refractivity contribution in [2.24, 2.45) is 0 Å². The Labute approximate surface area is 182 Å². The fourth-order valence-corrected chi connectivity index (χ4v) is 3.54. The topological polar surface area (TPSA) is 87.2 Å². The van der Waals surface area contributed by atoms with Crippen LogP contribution in [0.25, 0.3) is 11.8 Å². The van der Waals surface area contributed by atoms with Gasteiger partial charge >= 0.3 is 6.03 Å². The molecule has 164 valence electrons. The monoisotopic (exact) mass is 438 g/mol. The molecule has 0 bridgehead atoms. The average molecular weight is 438 g/mol. The third-order valence-corrected chi connectivity index (χ3v) is 5.15. The van der Waals surface area contributed by atoms with Gasteiger partial charge in [0.05, 0.1) is 17.8 Å². The van der Waals surface area contributed by atoms with Crippen molar-refractivity contribution < 1.29 is 18.4 Å². The zero-order valence-corrected chi connectivity index (χ0v) is 17.2. The first-order valence-corrected chi connectivity index (χ1v) is 10.1. The molecule has 1 aliphatic rings. The maximum atomic E-state index is 14.0. The minimum atomic E-state index is -0.857. The highest BCUT2D eigenvalue weighted by Gasteiger charge is 2.35. The molecule has 2 aromatic carbocycles. The number of nitrogens with one attached hydrogen (secondary N) is 2. The molecular weight excluding hydrogens is 418 g/mol. The van der Waals surface area contributed by atoms with E-state index in [0.29, 0.717) is 22.7 Å². The van der Waals surface area contributed by atoms with Gasteiger partial charge in [0.2, 0.25) is 0 Å². The maximum Gasteiger partial charge on any atom is 0.329 e. The van der Waals surface area contributed by atoms with Crippen LogP contribution < -0.4 is 10.9 Å². The molecule has 9 heteroatoms. The molecule has 0 aliphatic carbocycles. The normalized spacial score (nSPS) is 15.0. The Bertz CT molecular complexity index is 1260.